The highest BCUT2D eigenvalue weighted by Gasteiger charge is 2.39. The topological polar surface area (TPSA) is 34.6 Å². The Kier molecular flexibility index (Phi) is 3.66. The van der Waals surface area contributed by atoms with Crippen LogP contribution in [0, 0.1) is 0 Å². The number of rotatable bonds is 2. The van der Waals surface area contributed by atoms with Crippen molar-refractivity contribution in [2.45, 2.75) is 25.2 Å². The van der Waals surface area contributed by atoms with Gasteiger partial charge in [0, 0.05) is 43.1 Å². The van der Waals surface area contributed by atoms with E-state index in [2.05, 4.69) is 31.9 Å². The van der Waals surface area contributed by atoms with E-state index < -0.39 is 0 Å². The van der Waals surface area contributed by atoms with Crippen LogP contribution in [0.1, 0.15) is 18.5 Å². The van der Waals surface area contributed by atoms with Crippen LogP contribution in [-0.4, -0.2) is 42.0 Å². The number of aromatic nitrogens is 1. The minimum atomic E-state index is -0.277. The second-order valence-corrected chi connectivity index (χ2v) is 5.76. The van der Waals surface area contributed by atoms with Crippen molar-refractivity contribution < 1.29 is 9.47 Å². The minimum Gasteiger partial charge on any atom is -0.347 e. The van der Waals surface area contributed by atoms with Gasteiger partial charge in [-0.05, 0) is 12.1 Å². The molecule has 0 bridgehead atoms. The summed E-state index contributed by atoms with van der Waals surface area (Å²) in [7, 11) is 0. The summed E-state index contributed by atoms with van der Waals surface area (Å²) in [5.41, 5.74) is 1.11. The molecule has 0 aliphatic carbocycles. The molecule has 18 heavy (non-hydrogen) atoms. The van der Waals surface area contributed by atoms with Crippen LogP contribution in [0.3, 0.4) is 0 Å². The molecular weight excluding hydrogens is 296 g/mol. The van der Waals surface area contributed by atoms with Crippen LogP contribution in [0.2, 0.25) is 0 Å². The molecule has 1 aromatic rings. The lowest BCUT2D eigenvalue weighted by atomic mass is 10.0. The Bertz CT molecular complexity index is 411. The van der Waals surface area contributed by atoms with Gasteiger partial charge < -0.3 is 9.47 Å². The number of ether oxygens (including phenoxy) is 2. The van der Waals surface area contributed by atoms with E-state index in [1.807, 2.05) is 12.3 Å². The first kappa shape index (κ1) is 12.5. The lowest BCUT2D eigenvalue weighted by Gasteiger charge is -2.37. The summed E-state index contributed by atoms with van der Waals surface area (Å²) in [5, 5.41) is 0. The molecule has 3 rings (SSSR count). The first-order valence-corrected chi connectivity index (χ1v) is 7.16. The van der Waals surface area contributed by atoms with Crippen LogP contribution in [0.25, 0.3) is 0 Å². The molecule has 0 saturated carbocycles. The molecule has 0 N–H and O–H groups in total. The maximum absolute atomic E-state index is 5.73. The summed E-state index contributed by atoms with van der Waals surface area (Å²) < 4.78 is 12.5. The van der Waals surface area contributed by atoms with Gasteiger partial charge in [-0.2, -0.15) is 0 Å². The van der Waals surface area contributed by atoms with Gasteiger partial charge in [-0.15, -0.1) is 0 Å². The van der Waals surface area contributed by atoms with Crippen LogP contribution in [0.5, 0.6) is 0 Å². The molecule has 0 amide bonds. The van der Waals surface area contributed by atoms with E-state index in [0.29, 0.717) is 0 Å². The maximum Gasteiger partial charge on any atom is 0.170 e. The van der Waals surface area contributed by atoms with Gasteiger partial charge in [0.15, 0.2) is 5.79 Å². The van der Waals surface area contributed by atoms with Gasteiger partial charge in [-0.3, -0.25) is 9.88 Å². The second-order valence-electron chi connectivity index (χ2n) is 4.85. The molecule has 2 aliphatic rings. The zero-order valence-electron chi connectivity index (χ0n) is 10.3. The van der Waals surface area contributed by atoms with Crippen molar-refractivity contribution in [1.29, 1.82) is 0 Å². The molecule has 0 atom stereocenters. The Balaban J connectivity index is 1.57. The Labute approximate surface area is 115 Å². The Morgan fingerprint density at radius 3 is 2.67 bits per heavy atom. The molecule has 2 aliphatic heterocycles. The number of hydrogen-bond acceptors (Lipinski definition) is 4. The van der Waals surface area contributed by atoms with Crippen LogP contribution < -0.4 is 0 Å². The van der Waals surface area contributed by atoms with Crippen molar-refractivity contribution in [2.24, 2.45) is 0 Å². The SMILES string of the molecule is Brc1ccnc(CN2CCC3(CC2)OCCO3)c1. The van der Waals surface area contributed by atoms with E-state index in [1.165, 1.54) is 0 Å². The first-order valence-electron chi connectivity index (χ1n) is 6.37. The first-order chi connectivity index (χ1) is 8.76. The number of piperidine rings is 1. The minimum absolute atomic E-state index is 0.277. The monoisotopic (exact) mass is 312 g/mol. The largest absolute Gasteiger partial charge is 0.347 e. The van der Waals surface area contributed by atoms with E-state index >= 15 is 0 Å². The van der Waals surface area contributed by atoms with Crippen molar-refractivity contribution in [3.63, 3.8) is 0 Å². The quantitative estimate of drug-likeness (QED) is 0.838. The third-order valence-corrected chi connectivity index (χ3v) is 4.09. The lowest BCUT2D eigenvalue weighted by Crippen LogP contribution is -2.44. The predicted octanol–water partition coefficient (Wildman–Crippen LogP) is 2.18. The Morgan fingerprint density at radius 1 is 1.28 bits per heavy atom. The molecule has 1 aromatic heterocycles. The van der Waals surface area contributed by atoms with Crippen LogP contribution in [0.15, 0.2) is 22.8 Å². The fourth-order valence-electron chi connectivity index (χ4n) is 2.60. The summed E-state index contributed by atoms with van der Waals surface area (Å²) in [6, 6.07) is 4.03. The number of nitrogens with zero attached hydrogens (tertiary/aromatic N) is 2. The van der Waals surface area contributed by atoms with Crippen LogP contribution in [-0.2, 0) is 16.0 Å². The fourth-order valence-corrected chi connectivity index (χ4v) is 2.98. The average Bonchev–Trinajstić information content (AvgIpc) is 2.81. The molecule has 98 valence electrons. The summed E-state index contributed by atoms with van der Waals surface area (Å²) in [6.45, 7) is 4.40. The van der Waals surface area contributed by atoms with E-state index in [1.54, 1.807) is 0 Å². The molecule has 0 aromatic carbocycles. The van der Waals surface area contributed by atoms with Gasteiger partial charge in [0.2, 0.25) is 0 Å². The lowest BCUT2D eigenvalue weighted by molar-refractivity contribution is -0.185. The van der Waals surface area contributed by atoms with Crippen molar-refractivity contribution >= 4 is 15.9 Å². The molecule has 4 nitrogen and oxygen atoms in total. The van der Waals surface area contributed by atoms with E-state index in [-0.39, 0.29) is 5.79 Å². The van der Waals surface area contributed by atoms with E-state index in [0.717, 1.165) is 55.9 Å². The number of halogens is 1. The Morgan fingerprint density at radius 2 is 2.00 bits per heavy atom. The van der Waals surface area contributed by atoms with E-state index in [4.69, 9.17) is 9.47 Å². The summed E-state index contributed by atoms with van der Waals surface area (Å²) in [5.74, 6) is -0.277. The highest BCUT2D eigenvalue weighted by Crippen LogP contribution is 2.31. The second kappa shape index (κ2) is 5.25. The normalized spacial score (nSPS) is 23.6. The smallest absolute Gasteiger partial charge is 0.170 e. The zero-order valence-corrected chi connectivity index (χ0v) is 11.9. The summed E-state index contributed by atoms with van der Waals surface area (Å²) in [4.78, 5) is 6.80. The highest BCUT2D eigenvalue weighted by molar-refractivity contribution is 9.10. The molecular formula is C13H17BrN2O2. The molecule has 0 unspecified atom stereocenters. The molecule has 5 heteroatoms. The van der Waals surface area contributed by atoms with Crippen LogP contribution >= 0.6 is 15.9 Å². The number of pyridine rings is 1. The van der Waals surface area contributed by atoms with Gasteiger partial charge in [0.25, 0.3) is 0 Å². The maximum atomic E-state index is 5.73. The van der Waals surface area contributed by atoms with Crippen LogP contribution in [0.4, 0.5) is 0 Å². The zero-order chi connectivity index (χ0) is 12.4. The fraction of sp³-hybridized carbons (Fsp3) is 0.615. The molecule has 2 saturated heterocycles. The molecule has 0 radical (unpaired) electrons. The third-order valence-electron chi connectivity index (χ3n) is 3.60. The summed E-state index contributed by atoms with van der Waals surface area (Å²) >= 11 is 3.48. The van der Waals surface area contributed by atoms with Gasteiger partial charge in [-0.1, -0.05) is 15.9 Å². The van der Waals surface area contributed by atoms with Crippen molar-refractivity contribution in [3.05, 3.63) is 28.5 Å². The Hall–Kier alpha value is -0.490. The summed E-state index contributed by atoms with van der Waals surface area (Å²) in [6.07, 6.45) is 3.76. The molecule has 2 fully saturated rings. The van der Waals surface area contributed by atoms with Crippen molar-refractivity contribution in [1.82, 2.24) is 9.88 Å². The molecule has 1 spiro atoms. The van der Waals surface area contributed by atoms with Crippen molar-refractivity contribution in [3.8, 4) is 0 Å². The average molecular weight is 313 g/mol. The number of hydrogen-bond donors (Lipinski definition) is 0. The highest BCUT2D eigenvalue weighted by atomic mass is 79.9. The number of likely N-dealkylation sites (tertiary alicyclic amines) is 1. The standard InChI is InChI=1S/C13H17BrN2O2/c14-11-1-4-15-12(9-11)10-16-5-2-13(3-6-16)17-7-8-18-13/h1,4,9H,2-3,5-8,10H2. The third kappa shape index (κ3) is 2.74. The van der Waals surface area contributed by atoms with Gasteiger partial charge in [0.05, 0.1) is 18.9 Å². The van der Waals surface area contributed by atoms with Gasteiger partial charge in [-0.25, -0.2) is 0 Å². The van der Waals surface area contributed by atoms with E-state index in [9.17, 15) is 0 Å². The molecule has 3 heterocycles. The van der Waals surface area contributed by atoms with Gasteiger partial charge in [0.1, 0.15) is 0 Å². The predicted molar refractivity (Wildman–Crippen MR) is 71.1 cm³/mol. The van der Waals surface area contributed by atoms with Crippen molar-refractivity contribution in [2.75, 3.05) is 26.3 Å². The van der Waals surface area contributed by atoms with Gasteiger partial charge >= 0.3 is 0 Å².